The van der Waals surface area contributed by atoms with E-state index in [0.717, 1.165) is 4.57 Å². The molecule has 0 atom stereocenters. The third-order valence-corrected chi connectivity index (χ3v) is 1.62. The number of imidazole rings is 1. The van der Waals surface area contributed by atoms with Crippen LogP contribution in [0.1, 0.15) is 4.11 Å². The van der Waals surface area contributed by atoms with Crippen molar-refractivity contribution in [3.05, 3.63) is 35.5 Å². The van der Waals surface area contributed by atoms with Crippen molar-refractivity contribution in [1.29, 1.82) is 0 Å². The summed E-state index contributed by atoms with van der Waals surface area (Å²) in [5, 5.41) is 0. The van der Waals surface area contributed by atoms with Gasteiger partial charge in [-0.25, -0.2) is 15.0 Å². The van der Waals surface area contributed by atoms with Gasteiger partial charge in [0.2, 0.25) is 5.95 Å². The van der Waals surface area contributed by atoms with Gasteiger partial charge in [-0.05, 0) is 22.0 Å². The number of nitrogens with zero attached hydrogens (tertiary/aromatic N) is 4. The predicted octanol–water partition coefficient (Wildman–Crippen LogP) is 1.42. The lowest BCUT2D eigenvalue weighted by Gasteiger charge is -1.97. The quantitative estimate of drug-likeness (QED) is 0.693. The number of rotatable bonds is 1. The van der Waals surface area contributed by atoms with Gasteiger partial charge in [0.05, 0.1) is 2.74 Å². The summed E-state index contributed by atoms with van der Waals surface area (Å²) in [5.74, 6) is 0.158. The van der Waals surface area contributed by atoms with Crippen LogP contribution in [-0.2, 0) is 0 Å². The molecular weight excluding hydrogens is 220 g/mol. The minimum absolute atomic E-state index is 0.158. The highest BCUT2D eigenvalue weighted by Gasteiger charge is 1.97. The van der Waals surface area contributed by atoms with Crippen LogP contribution >= 0.6 is 15.9 Å². The van der Waals surface area contributed by atoms with Crippen molar-refractivity contribution in [2.75, 3.05) is 0 Å². The molecule has 0 bridgehead atoms. The zero-order valence-corrected chi connectivity index (χ0v) is 7.41. The first-order chi connectivity index (χ1) is 7.09. The Morgan fingerprint density at radius 3 is 3.17 bits per heavy atom. The Morgan fingerprint density at radius 1 is 1.58 bits per heavy atom. The van der Waals surface area contributed by atoms with Crippen molar-refractivity contribution in [3.63, 3.8) is 0 Å². The first-order valence-electron chi connectivity index (χ1n) is 4.61. The monoisotopic (exact) mass is 227 g/mol. The third kappa shape index (κ3) is 1.35. The topological polar surface area (TPSA) is 43.6 Å². The van der Waals surface area contributed by atoms with Gasteiger partial charge in [0.1, 0.15) is 12.3 Å². The zero-order chi connectivity index (χ0) is 11.0. The Balaban J connectivity index is 2.63. The van der Waals surface area contributed by atoms with Crippen molar-refractivity contribution in [3.8, 4) is 5.95 Å². The predicted molar refractivity (Wildman–Crippen MR) is 46.9 cm³/mol. The van der Waals surface area contributed by atoms with Crippen molar-refractivity contribution >= 4 is 15.9 Å². The fourth-order valence-electron chi connectivity index (χ4n) is 0.705. The van der Waals surface area contributed by atoms with Gasteiger partial charge in [0.25, 0.3) is 0 Å². The summed E-state index contributed by atoms with van der Waals surface area (Å²) in [7, 11) is 0. The van der Waals surface area contributed by atoms with E-state index in [-0.39, 0.29) is 24.6 Å². The lowest BCUT2D eigenvalue weighted by molar-refractivity contribution is 0.917. The van der Waals surface area contributed by atoms with E-state index in [1.54, 1.807) is 6.07 Å². The van der Waals surface area contributed by atoms with Gasteiger partial charge in [0.15, 0.2) is 0 Å². The van der Waals surface area contributed by atoms with Crippen LogP contribution in [0.15, 0.2) is 35.5 Å². The summed E-state index contributed by atoms with van der Waals surface area (Å²) in [6.07, 6.45) is 0.819. The van der Waals surface area contributed by atoms with Gasteiger partial charge in [-0.1, -0.05) is 0 Å². The number of halogens is 1. The molecule has 0 amide bonds. The first kappa shape index (κ1) is 4.71. The molecule has 0 unspecified atom stereocenters. The summed E-state index contributed by atoms with van der Waals surface area (Å²) < 4.78 is 23.9. The molecule has 0 fully saturated rings. The number of aromatic nitrogens is 4. The summed E-state index contributed by atoms with van der Waals surface area (Å²) in [4.78, 5) is 11.4. The molecular formula is C7H5BrN4. The summed E-state index contributed by atoms with van der Waals surface area (Å²) >= 11 is 3.16. The van der Waals surface area contributed by atoms with Crippen molar-refractivity contribution in [1.82, 2.24) is 19.5 Å². The molecule has 0 saturated carbocycles. The van der Waals surface area contributed by atoms with E-state index in [9.17, 15) is 0 Å². The maximum Gasteiger partial charge on any atom is 0.235 e. The van der Waals surface area contributed by atoms with E-state index in [1.807, 2.05) is 0 Å². The molecule has 2 rings (SSSR count). The van der Waals surface area contributed by atoms with Gasteiger partial charge >= 0.3 is 0 Å². The second kappa shape index (κ2) is 3.02. The van der Waals surface area contributed by atoms with Gasteiger partial charge in [-0.15, -0.1) is 0 Å². The smallest absolute Gasteiger partial charge is 0.235 e. The standard InChI is InChI=1S/C7H5BrN4/c8-6-1-2-10-7(11-6)12-4-3-9-5-12/h1-5H/i3D,4D,5D. The highest BCUT2D eigenvalue weighted by molar-refractivity contribution is 9.10. The lowest BCUT2D eigenvalue weighted by Crippen LogP contribution is -1.97. The fraction of sp³-hybridized carbons (Fsp3) is 0. The Hall–Kier alpha value is -1.23. The van der Waals surface area contributed by atoms with Gasteiger partial charge in [-0.3, -0.25) is 4.57 Å². The second-order valence-corrected chi connectivity index (χ2v) is 2.76. The Kier molecular flexibility index (Phi) is 1.19. The largest absolute Gasteiger partial charge is 0.274 e. The summed E-state index contributed by atoms with van der Waals surface area (Å²) in [6, 6.07) is 1.63. The molecule has 60 valence electrons. The molecule has 0 saturated heterocycles. The highest BCUT2D eigenvalue weighted by atomic mass is 79.9. The Morgan fingerprint density at radius 2 is 2.50 bits per heavy atom. The molecule has 12 heavy (non-hydrogen) atoms. The van der Waals surface area contributed by atoms with Crippen LogP contribution in [-0.4, -0.2) is 19.5 Å². The molecule has 0 radical (unpaired) electrons. The first-order valence-corrected chi connectivity index (χ1v) is 3.90. The van der Waals surface area contributed by atoms with Crippen molar-refractivity contribution in [2.24, 2.45) is 0 Å². The van der Waals surface area contributed by atoms with Crippen LogP contribution in [0.5, 0.6) is 0 Å². The van der Waals surface area contributed by atoms with E-state index in [4.69, 9.17) is 4.11 Å². The van der Waals surface area contributed by atoms with E-state index >= 15 is 0 Å². The molecule has 5 heteroatoms. The Bertz CT molecular complexity index is 513. The number of hydrogen-bond donors (Lipinski definition) is 0. The molecule has 0 aliphatic rings. The maximum atomic E-state index is 7.52. The average molecular weight is 228 g/mol. The minimum Gasteiger partial charge on any atom is -0.274 e. The maximum absolute atomic E-state index is 7.52. The van der Waals surface area contributed by atoms with E-state index in [2.05, 4.69) is 30.9 Å². The normalized spacial score (nSPS) is 13.6. The molecule has 4 nitrogen and oxygen atoms in total. The minimum atomic E-state index is -0.261. The average Bonchev–Trinajstić information content (AvgIpc) is 2.41. The number of hydrogen-bond acceptors (Lipinski definition) is 3. The SMILES string of the molecule is [2H]c1nc([2H])n(-c2nccc(Br)n2)c1[2H]. The van der Waals surface area contributed by atoms with Crippen LogP contribution < -0.4 is 0 Å². The molecule has 2 aromatic heterocycles. The van der Waals surface area contributed by atoms with Gasteiger partial charge < -0.3 is 0 Å². The van der Waals surface area contributed by atoms with E-state index in [0.29, 0.717) is 4.60 Å². The molecule has 0 spiro atoms. The summed E-state index contributed by atoms with van der Waals surface area (Å²) in [6.45, 7) is 0. The van der Waals surface area contributed by atoms with E-state index < -0.39 is 0 Å². The highest BCUT2D eigenvalue weighted by Crippen LogP contribution is 2.06. The molecule has 2 aromatic rings. The van der Waals surface area contributed by atoms with Crippen molar-refractivity contribution in [2.45, 2.75) is 0 Å². The molecule has 0 aliphatic carbocycles. The molecule has 0 N–H and O–H groups in total. The molecule has 0 aliphatic heterocycles. The molecule has 2 heterocycles. The van der Waals surface area contributed by atoms with Gasteiger partial charge in [0, 0.05) is 18.5 Å². The second-order valence-electron chi connectivity index (χ2n) is 1.95. The van der Waals surface area contributed by atoms with Crippen LogP contribution in [0.4, 0.5) is 0 Å². The van der Waals surface area contributed by atoms with Crippen LogP contribution in [0, 0.1) is 0 Å². The molecule has 0 aromatic carbocycles. The van der Waals surface area contributed by atoms with Crippen molar-refractivity contribution < 1.29 is 4.11 Å². The van der Waals surface area contributed by atoms with Crippen LogP contribution in [0.2, 0.25) is 0 Å². The van der Waals surface area contributed by atoms with E-state index in [1.165, 1.54) is 6.20 Å². The fourth-order valence-corrected chi connectivity index (χ4v) is 0.981. The van der Waals surface area contributed by atoms with Crippen LogP contribution in [0.25, 0.3) is 5.95 Å². The Labute approximate surface area is 81.6 Å². The summed E-state index contributed by atoms with van der Waals surface area (Å²) in [5.41, 5.74) is 0. The third-order valence-electron chi connectivity index (χ3n) is 1.18. The van der Waals surface area contributed by atoms with Gasteiger partial charge in [-0.2, -0.15) is 0 Å². The zero-order valence-electron chi connectivity index (χ0n) is 8.82. The lowest BCUT2D eigenvalue weighted by atomic mass is 10.7. The van der Waals surface area contributed by atoms with Crippen LogP contribution in [0.3, 0.4) is 0 Å².